The van der Waals surface area contributed by atoms with Crippen LogP contribution in [0.4, 0.5) is 0 Å². The van der Waals surface area contributed by atoms with Crippen LogP contribution in [0.5, 0.6) is 0 Å². The van der Waals surface area contributed by atoms with E-state index in [2.05, 4.69) is 50.0 Å². The lowest BCUT2D eigenvalue weighted by Crippen LogP contribution is -2.45. The normalized spacial score (nSPS) is 26.3. The molecule has 0 N–H and O–H groups in total. The summed E-state index contributed by atoms with van der Waals surface area (Å²) >= 11 is 0. The quantitative estimate of drug-likeness (QED) is 0.477. The van der Waals surface area contributed by atoms with E-state index < -0.39 is 13.7 Å². The van der Waals surface area contributed by atoms with Crippen LogP contribution >= 0.6 is 0 Å². The van der Waals surface area contributed by atoms with E-state index in [-0.39, 0.29) is 11.7 Å². The first-order valence-electron chi connectivity index (χ1n) is 9.33. The zero-order valence-corrected chi connectivity index (χ0v) is 16.2. The van der Waals surface area contributed by atoms with Crippen molar-refractivity contribution in [1.82, 2.24) is 0 Å². The Labute approximate surface area is 154 Å². The Kier molecular flexibility index (Phi) is 2.49. The van der Waals surface area contributed by atoms with Gasteiger partial charge in [-0.1, -0.05) is 56.1 Å². The molecule has 1 spiro atoms. The first kappa shape index (κ1) is 14.9. The molecule has 3 heteroatoms. The van der Waals surface area contributed by atoms with Crippen molar-refractivity contribution in [2.45, 2.75) is 37.8 Å². The zero-order valence-electron chi connectivity index (χ0n) is 15.2. The van der Waals surface area contributed by atoms with Gasteiger partial charge in [0.25, 0.3) is 0 Å². The van der Waals surface area contributed by atoms with Crippen LogP contribution in [-0.2, 0) is 16.9 Å². The molecule has 0 aromatic heterocycles. The summed E-state index contributed by atoms with van der Waals surface area (Å²) < 4.78 is 6.35. The molecule has 0 amide bonds. The molecule has 7 rings (SSSR count). The molecule has 0 atom stereocenters. The van der Waals surface area contributed by atoms with Crippen LogP contribution in [-0.4, -0.2) is 13.9 Å². The molecule has 0 unspecified atom stereocenters. The lowest BCUT2D eigenvalue weighted by atomic mass is 9.70. The smallest absolute Gasteiger partial charge is 0.194 e. The summed E-state index contributed by atoms with van der Waals surface area (Å²) in [5.41, 5.74) is 7.70. The van der Waals surface area contributed by atoms with E-state index >= 15 is 0 Å². The number of fused-ring (bicyclic) bond motifs is 3. The molecule has 0 saturated heterocycles. The summed E-state index contributed by atoms with van der Waals surface area (Å²) in [4.78, 5) is 13.5. The van der Waals surface area contributed by atoms with Crippen LogP contribution in [0, 0.1) is 0 Å². The van der Waals surface area contributed by atoms with Gasteiger partial charge in [-0.2, -0.15) is 0 Å². The predicted molar refractivity (Wildman–Crippen MR) is 106 cm³/mol. The van der Waals surface area contributed by atoms with E-state index in [9.17, 15) is 4.79 Å². The van der Waals surface area contributed by atoms with Gasteiger partial charge in [0.05, 0.1) is 14.7 Å². The zero-order chi connectivity index (χ0) is 17.8. The number of ketones is 1. The molecule has 128 valence electrons. The Morgan fingerprint density at radius 3 is 2.42 bits per heavy atom. The van der Waals surface area contributed by atoms with E-state index in [4.69, 9.17) is 4.74 Å². The third-order valence-electron chi connectivity index (χ3n) is 6.34. The number of hydrogen-bond acceptors (Lipinski definition) is 2. The number of hydrogen-bond donors (Lipinski definition) is 0. The molecule has 26 heavy (non-hydrogen) atoms. The van der Waals surface area contributed by atoms with Gasteiger partial charge >= 0.3 is 0 Å². The molecule has 1 heterocycles. The van der Waals surface area contributed by atoms with E-state index in [1.165, 1.54) is 27.4 Å². The fourth-order valence-corrected chi connectivity index (χ4v) is 7.54. The first-order valence-corrected chi connectivity index (χ1v) is 12.8. The van der Waals surface area contributed by atoms with Crippen molar-refractivity contribution in [1.29, 1.82) is 0 Å². The first-order chi connectivity index (χ1) is 12.4. The van der Waals surface area contributed by atoms with Crippen LogP contribution in [0.15, 0.2) is 48.6 Å². The minimum atomic E-state index is -1.75. The lowest BCUT2D eigenvalue weighted by Gasteiger charge is -2.38. The van der Waals surface area contributed by atoms with Crippen molar-refractivity contribution in [3.05, 3.63) is 76.4 Å². The Hall–Kier alpha value is -2.23. The van der Waals surface area contributed by atoms with Crippen molar-refractivity contribution in [3.63, 3.8) is 0 Å². The van der Waals surface area contributed by atoms with E-state index in [1.807, 2.05) is 18.2 Å². The summed E-state index contributed by atoms with van der Waals surface area (Å²) in [7, 11) is -1.75. The number of carbonyl (C=O) groups is 1. The highest BCUT2D eigenvalue weighted by Gasteiger charge is 2.50. The molecular weight excluding hydrogens is 336 g/mol. The van der Waals surface area contributed by atoms with Gasteiger partial charge in [0.1, 0.15) is 5.60 Å². The molecule has 5 aliphatic rings. The van der Waals surface area contributed by atoms with Crippen LogP contribution in [0.2, 0.25) is 19.6 Å². The second-order valence-electron chi connectivity index (χ2n) is 8.84. The minimum absolute atomic E-state index is 0.211. The van der Waals surface area contributed by atoms with Crippen molar-refractivity contribution in [3.8, 4) is 11.1 Å². The molecule has 0 fully saturated rings. The van der Waals surface area contributed by atoms with Gasteiger partial charge in [-0.05, 0) is 39.6 Å². The van der Waals surface area contributed by atoms with Crippen LogP contribution in [0.3, 0.4) is 0 Å². The second kappa shape index (κ2) is 4.36. The highest BCUT2D eigenvalue weighted by molar-refractivity contribution is 6.90. The Morgan fingerprint density at radius 1 is 1.04 bits per heavy atom. The summed E-state index contributed by atoms with van der Waals surface area (Å²) in [5, 5.41) is 1.32. The maximum atomic E-state index is 13.5. The average Bonchev–Trinajstić information content (AvgIpc) is 3.14. The van der Waals surface area contributed by atoms with Gasteiger partial charge in [0, 0.05) is 22.6 Å². The van der Waals surface area contributed by atoms with Crippen LogP contribution in [0.1, 0.15) is 38.5 Å². The van der Waals surface area contributed by atoms with Gasteiger partial charge in [-0.15, -0.1) is 0 Å². The standard InChI is InChI=1S/C23H20O2Si/c1-26(2,3)22-16-12-25-23-10-8-13(9-11-23)17(20(16)23)18-14-6-4-5-7-15(14)21(24)19(18)22/h4-11,13H,12H2,1-3H3. The Morgan fingerprint density at radius 2 is 1.73 bits per heavy atom. The van der Waals surface area contributed by atoms with Crippen molar-refractivity contribution >= 4 is 19.0 Å². The molecule has 2 aromatic carbocycles. The third-order valence-corrected chi connectivity index (χ3v) is 8.39. The Bertz CT molecular complexity index is 1080. The number of carbonyl (C=O) groups excluding carboxylic acids is 1. The molecular formula is C23H20O2Si. The number of rotatable bonds is 1. The van der Waals surface area contributed by atoms with Gasteiger partial charge < -0.3 is 4.74 Å². The molecule has 0 radical (unpaired) electrons. The van der Waals surface area contributed by atoms with Gasteiger partial charge in [0.15, 0.2) is 5.78 Å². The molecule has 4 aliphatic carbocycles. The van der Waals surface area contributed by atoms with Crippen molar-refractivity contribution in [2.24, 2.45) is 0 Å². The maximum absolute atomic E-state index is 13.5. The minimum Gasteiger partial charge on any atom is -0.357 e. The number of ether oxygens (including phenoxy) is 1. The molecule has 2 nitrogen and oxygen atoms in total. The fraction of sp³-hybridized carbons (Fsp3) is 0.261. The van der Waals surface area contributed by atoms with Crippen molar-refractivity contribution < 1.29 is 9.53 Å². The fourth-order valence-electron chi connectivity index (χ4n) is 5.45. The van der Waals surface area contributed by atoms with E-state index in [0.717, 1.165) is 16.7 Å². The van der Waals surface area contributed by atoms with E-state index in [0.29, 0.717) is 6.61 Å². The third kappa shape index (κ3) is 1.51. The average molecular weight is 356 g/mol. The van der Waals surface area contributed by atoms with E-state index in [1.54, 1.807) is 0 Å². The van der Waals surface area contributed by atoms with Gasteiger partial charge in [-0.3, -0.25) is 4.79 Å². The summed E-state index contributed by atoms with van der Waals surface area (Å²) in [6.07, 6.45) is 8.94. The summed E-state index contributed by atoms with van der Waals surface area (Å²) in [5.74, 6) is 0.457. The molecule has 2 bridgehead atoms. The topological polar surface area (TPSA) is 26.3 Å². The number of benzene rings is 2. The SMILES string of the molecule is C[Si](C)(C)c1c2c3c(c4c1C(=O)c1ccccc1-4)C1C=CC3(C=C1)OC2. The highest BCUT2D eigenvalue weighted by atomic mass is 28.3. The molecule has 1 aliphatic heterocycles. The van der Waals surface area contributed by atoms with Crippen LogP contribution in [0.25, 0.3) is 11.1 Å². The summed E-state index contributed by atoms with van der Waals surface area (Å²) in [6, 6.07) is 8.14. The largest absolute Gasteiger partial charge is 0.357 e. The second-order valence-corrected chi connectivity index (χ2v) is 13.8. The molecule has 0 saturated carbocycles. The van der Waals surface area contributed by atoms with Gasteiger partial charge in [0.2, 0.25) is 0 Å². The highest BCUT2D eigenvalue weighted by Crippen LogP contribution is 2.56. The molecule has 2 aromatic rings. The maximum Gasteiger partial charge on any atom is 0.194 e. The lowest BCUT2D eigenvalue weighted by molar-refractivity contribution is 0.0349. The Balaban J connectivity index is 1.85. The van der Waals surface area contributed by atoms with Crippen molar-refractivity contribution in [2.75, 3.05) is 0 Å². The predicted octanol–water partition coefficient (Wildman–Crippen LogP) is 4.39. The monoisotopic (exact) mass is 356 g/mol. The number of allylic oxidation sites excluding steroid dienone is 2. The van der Waals surface area contributed by atoms with Gasteiger partial charge in [-0.25, -0.2) is 0 Å². The van der Waals surface area contributed by atoms with Crippen LogP contribution < -0.4 is 5.19 Å². The summed E-state index contributed by atoms with van der Waals surface area (Å²) in [6.45, 7) is 7.65.